The third-order valence-electron chi connectivity index (χ3n) is 2.50. The van der Waals surface area contributed by atoms with Crippen LogP contribution >= 0.6 is 0 Å². The molecule has 1 aromatic carbocycles. The van der Waals surface area contributed by atoms with Crippen molar-refractivity contribution >= 4 is 0 Å². The molecule has 3 heteroatoms. The maximum absolute atomic E-state index is 9.60. The van der Waals surface area contributed by atoms with Crippen molar-refractivity contribution in [3.8, 4) is 0 Å². The Morgan fingerprint density at radius 1 is 1.33 bits per heavy atom. The zero-order valence-corrected chi connectivity index (χ0v) is 8.63. The molecule has 1 heterocycles. The van der Waals surface area contributed by atoms with Crippen LogP contribution in [0.3, 0.4) is 0 Å². The molecule has 0 spiro atoms. The molecule has 0 unspecified atom stereocenters. The molecule has 0 aliphatic carbocycles. The average Bonchev–Trinajstić information content (AvgIpc) is 2.29. The minimum atomic E-state index is -0.484. The van der Waals surface area contributed by atoms with E-state index < -0.39 is 12.4 Å². The second-order valence-electron chi connectivity index (χ2n) is 3.75. The summed E-state index contributed by atoms with van der Waals surface area (Å²) >= 11 is 0. The number of hydrogen-bond acceptors (Lipinski definition) is 3. The summed E-state index contributed by atoms with van der Waals surface area (Å²) in [5.41, 5.74) is 1.10. The molecule has 82 valence electrons. The van der Waals surface area contributed by atoms with Crippen molar-refractivity contribution in [1.82, 2.24) is 0 Å². The fraction of sp³-hybridized carbons (Fsp3) is 0.500. The summed E-state index contributed by atoms with van der Waals surface area (Å²) in [5.74, 6) is 0. The highest BCUT2D eigenvalue weighted by atomic mass is 16.7. The first kappa shape index (κ1) is 10.6. The zero-order chi connectivity index (χ0) is 10.5. The van der Waals surface area contributed by atoms with Crippen molar-refractivity contribution < 1.29 is 14.6 Å². The van der Waals surface area contributed by atoms with E-state index in [1.165, 1.54) is 0 Å². The highest BCUT2D eigenvalue weighted by Crippen LogP contribution is 2.16. The molecule has 0 radical (unpaired) electrons. The molecule has 2 atom stereocenters. The van der Waals surface area contributed by atoms with Gasteiger partial charge < -0.3 is 14.6 Å². The second kappa shape index (κ2) is 5.26. The summed E-state index contributed by atoms with van der Waals surface area (Å²) in [5, 5.41) is 9.60. The number of aliphatic hydroxyl groups excluding tert-OH is 1. The normalized spacial score (nSPS) is 26.5. The number of hydrogen-bond donors (Lipinski definition) is 1. The first-order chi connectivity index (χ1) is 7.36. The zero-order valence-electron chi connectivity index (χ0n) is 8.63. The average molecular weight is 208 g/mol. The molecule has 1 aliphatic heterocycles. The van der Waals surface area contributed by atoms with Gasteiger partial charge in [-0.15, -0.1) is 0 Å². The summed E-state index contributed by atoms with van der Waals surface area (Å²) in [6, 6.07) is 9.90. The summed E-state index contributed by atoms with van der Waals surface area (Å²) < 4.78 is 10.8. The highest BCUT2D eigenvalue weighted by Gasteiger charge is 2.24. The van der Waals surface area contributed by atoms with Gasteiger partial charge in [-0.1, -0.05) is 30.3 Å². The molecule has 1 fully saturated rings. The van der Waals surface area contributed by atoms with E-state index in [1.807, 2.05) is 30.3 Å². The van der Waals surface area contributed by atoms with Crippen molar-refractivity contribution in [3.63, 3.8) is 0 Å². The molecule has 0 aromatic heterocycles. The van der Waals surface area contributed by atoms with Crippen molar-refractivity contribution in [2.45, 2.75) is 31.8 Å². The van der Waals surface area contributed by atoms with Gasteiger partial charge in [0.05, 0.1) is 6.61 Å². The Morgan fingerprint density at radius 2 is 2.13 bits per heavy atom. The minimum Gasteiger partial charge on any atom is -0.388 e. The van der Waals surface area contributed by atoms with Gasteiger partial charge in [0.2, 0.25) is 0 Å². The Hall–Kier alpha value is -0.900. The topological polar surface area (TPSA) is 38.7 Å². The number of ether oxygens (including phenoxy) is 2. The summed E-state index contributed by atoms with van der Waals surface area (Å²) in [6.07, 6.45) is 0.729. The molecule has 0 bridgehead atoms. The van der Waals surface area contributed by atoms with Gasteiger partial charge in [0.1, 0.15) is 6.10 Å². The standard InChI is InChI=1S/C12H16O3/c13-11-7-4-8-14-12(11)15-9-10-5-2-1-3-6-10/h1-3,5-6,11-13H,4,7-9H2/t11-,12+/m1/s1. The molecule has 0 amide bonds. The van der Waals surface area contributed by atoms with Gasteiger partial charge >= 0.3 is 0 Å². The summed E-state index contributed by atoms with van der Waals surface area (Å²) in [4.78, 5) is 0. The molecule has 1 aromatic rings. The van der Waals surface area contributed by atoms with Crippen molar-refractivity contribution in [2.75, 3.05) is 6.61 Å². The predicted octanol–water partition coefficient (Wildman–Crippen LogP) is 1.70. The van der Waals surface area contributed by atoms with Crippen LogP contribution in [0.1, 0.15) is 18.4 Å². The Morgan fingerprint density at radius 3 is 2.87 bits per heavy atom. The predicted molar refractivity (Wildman–Crippen MR) is 56.2 cm³/mol. The van der Waals surface area contributed by atoms with Crippen LogP contribution in [0.4, 0.5) is 0 Å². The molecular weight excluding hydrogens is 192 g/mol. The van der Waals surface area contributed by atoms with Crippen LogP contribution < -0.4 is 0 Å². The van der Waals surface area contributed by atoms with Crippen LogP contribution in [0.25, 0.3) is 0 Å². The first-order valence-corrected chi connectivity index (χ1v) is 5.31. The Kier molecular flexibility index (Phi) is 3.72. The number of rotatable bonds is 3. The molecule has 0 saturated carbocycles. The van der Waals surface area contributed by atoms with E-state index in [1.54, 1.807) is 0 Å². The van der Waals surface area contributed by atoms with Crippen LogP contribution in [0.5, 0.6) is 0 Å². The smallest absolute Gasteiger partial charge is 0.183 e. The fourth-order valence-corrected chi connectivity index (χ4v) is 1.65. The quantitative estimate of drug-likeness (QED) is 0.821. The van der Waals surface area contributed by atoms with Crippen molar-refractivity contribution in [1.29, 1.82) is 0 Å². The van der Waals surface area contributed by atoms with E-state index in [9.17, 15) is 5.11 Å². The SMILES string of the molecule is O[C@@H]1CCCO[C@H]1OCc1ccccc1. The van der Waals surface area contributed by atoms with E-state index >= 15 is 0 Å². The van der Waals surface area contributed by atoms with Gasteiger partial charge in [-0.2, -0.15) is 0 Å². The van der Waals surface area contributed by atoms with Gasteiger partial charge in [-0.3, -0.25) is 0 Å². The lowest BCUT2D eigenvalue weighted by molar-refractivity contribution is -0.219. The largest absolute Gasteiger partial charge is 0.388 e. The maximum atomic E-state index is 9.60. The fourth-order valence-electron chi connectivity index (χ4n) is 1.65. The van der Waals surface area contributed by atoms with Crippen LogP contribution in [-0.2, 0) is 16.1 Å². The minimum absolute atomic E-state index is 0.459. The molecule has 1 saturated heterocycles. The van der Waals surface area contributed by atoms with E-state index in [-0.39, 0.29) is 0 Å². The molecule has 3 nitrogen and oxygen atoms in total. The monoisotopic (exact) mass is 208 g/mol. The van der Waals surface area contributed by atoms with E-state index in [2.05, 4.69) is 0 Å². The van der Waals surface area contributed by atoms with E-state index in [4.69, 9.17) is 9.47 Å². The van der Waals surface area contributed by atoms with E-state index in [0.29, 0.717) is 13.2 Å². The Bertz CT molecular complexity index is 286. The maximum Gasteiger partial charge on any atom is 0.183 e. The van der Waals surface area contributed by atoms with Gasteiger partial charge in [-0.25, -0.2) is 0 Å². The molecular formula is C12H16O3. The summed E-state index contributed by atoms with van der Waals surface area (Å²) in [6.45, 7) is 1.17. The number of aliphatic hydroxyl groups is 1. The molecule has 1 N–H and O–H groups in total. The Labute approximate surface area is 89.6 Å². The second-order valence-corrected chi connectivity index (χ2v) is 3.75. The van der Waals surface area contributed by atoms with E-state index in [0.717, 1.165) is 18.4 Å². The van der Waals surface area contributed by atoms with Crippen LogP contribution in [-0.4, -0.2) is 24.1 Å². The van der Waals surface area contributed by atoms with Crippen molar-refractivity contribution in [2.24, 2.45) is 0 Å². The van der Waals surface area contributed by atoms with Crippen molar-refractivity contribution in [3.05, 3.63) is 35.9 Å². The highest BCUT2D eigenvalue weighted by molar-refractivity contribution is 5.13. The molecule has 15 heavy (non-hydrogen) atoms. The lowest BCUT2D eigenvalue weighted by Crippen LogP contribution is -2.36. The molecule has 2 rings (SSSR count). The van der Waals surface area contributed by atoms with Crippen LogP contribution in [0.2, 0.25) is 0 Å². The summed E-state index contributed by atoms with van der Waals surface area (Å²) in [7, 11) is 0. The van der Waals surface area contributed by atoms with Crippen LogP contribution in [0, 0.1) is 0 Å². The third kappa shape index (κ3) is 3.02. The molecule has 1 aliphatic rings. The number of benzene rings is 1. The van der Waals surface area contributed by atoms with Crippen LogP contribution in [0.15, 0.2) is 30.3 Å². The van der Waals surface area contributed by atoms with Gasteiger partial charge in [-0.05, 0) is 18.4 Å². The van der Waals surface area contributed by atoms with Gasteiger partial charge in [0, 0.05) is 6.61 Å². The lowest BCUT2D eigenvalue weighted by atomic mass is 10.1. The first-order valence-electron chi connectivity index (χ1n) is 5.31. The Balaban J connectivity index is 1.82. The lowest BCUT2D eigenvalue weighted by Gasteiger charge is -2.27. The third-order valence-corrected chi connectivity index (χ3v) is 2.50. The van der Waals surface area contributed by atoms with Gasteiger partial charge in [0.15, 0.2) is 6.29 Å². The van der Waals surface area contributed by atoms with Gasteiger partial charge in [0.25, 0.3) is 0 Å².